The molecule has 0 saturated heterocycles. The molecule has 2 aromatic carbocycles. The number of amides is 1. The van der Waals surface area contributed by atoms with E-state index >= 15 is 0 Å². The van der Waals surface area contributed by atoms with E-state index < -0.39 is 0 Å². The number of ether oxygens (including phenoxy) is 3. The van der Waals surface area contributed by atoms with Crippen LogP contribution in [0.2, 0.25) is 5.02 Å². The lowest BCUT2D eigenvalue weighted by Crippen LogP contribution is -2.13. The van der Waals surface area contributed by atoms with Crippen LogP contribution in [0.5, 0.6) is 17.2 Å². The lowest BCUT2D eigenvalue weighted by molar-refractivity contribution is 0.102. The van der Waals surface area contributed by atoms with E-state index in [2.05, 4.69) is 21.2 Å². The molecule has 0 aliphatic heterocycles. The van der Waals surface area contributed by atoms with Gasteiger partial charge >= 0.3 is 0 Å². The molecule has 0 atom stereocenters. The fourth-order valence-corrected chi connectivity index (χ4v) is 2.72. The zero-order valence-corrected chi connectivity index (χ0v) is 17.2. The Labute approximate surface area is 166 Å². The van der Waals surface area contributed by atoms with Crippen molar-refractivity contribution in [3.8, 4) is 17.2 Å². The Hall–Kier alpha value is -1.92. The average molecular weight is 443 g/mol. The molecule has 0 bridgehead atoms. The summed E-state index contributed by atoms with van der Waals surface area (Å²) in [6.07, 6.45) is 0. The van der Waals surface area contributed by atoms with E-state index in [0.717, 1.165) is 4.47 Å². The van der Waals surface area contributed by atoms with Crippen molar-refractivity contribution in [2.24, 2.45) is 0 Å². The predicted octanol–water partition coefficient (Wildman–Crippen LogP) is 5.55. The summed E-state index contributed by atoms with van der Waals surface area (Å²) in [5.41, 5.74) is 0.993. The fourth-order valence-electron chi connectivity index (χ4n) is 2.30. The van der Waals surface area contributed by atoms with Crippen LogP contribution in [-0.2, 0) is 0 Å². The first-order valence-electron chi connectivity index (χ1n) is 8.32. The average Bonchev–Trinajstić information content (AvgIpc) is 2.61. The van der Waals surface area contributed by atoms with Crippen molar-refractivity contribution in [3.63, 3.8) is 0 Å². The summed E-state index contributed by atoms with van der Waals surface area (Å²) in [6.45, 7) is 6.96. The molecule has 0 spiro atoms. The number of anilines is 1. The van der Waals surface area contributed by atoms with Crippen molar-refractivity contribution in [2.45, 2.75) is 20.8 Å². The van der Waals surface area contributed by atoms with Crippen LogP contribution < -0.4 is 19.5 Å². The van der Waals surface area contributed by atoms with E-state index in [9.17, 15) is 4.79 Å². The molecule has 2 aromatic rings. The number of halogens is 2. The second-order valence-electron chi connectivity index (χ2n) is 5.18. The summed E-state index contributed by atoms with van der Waals surface area (Å²) in [6, 6.07) is 8.49. The number of rotatable bonds is 8. The smallest absolute Gasteiger partial charge is 0.255 e. The number of benzene rings is 2. The topological polar surface area (TPSA) is 56.8 Å². The minimum atomic E-state index is -0.298. The van der Waals surface area contributed by atoms with Gasteiger partial charge in [-0.1, -0.05) is 11.6 Å². The monoisotopic (exact) mass is 441 g/mol. The molecule has 0 fully saturated rings. The van der Waals surface area contributed by atoms with Crippen molar-refractivity contribution >= 4 is 39.1 Å². The first-order valence-corrected chi connectivity index (χ1v) is 9.50. The number of nitrogens with one attached hydrogen (secondary N) is 1. The summed E-state index contributed by atoms with van der Waals surface area (Å²) >= 11 is 9.40. The van der Waals surface area contributed by atoms with Gasteiger partial charge in [0.2, 0.25) is 5.75 Å². The third-order valence-corrected chi connectivity index (χ3v) is 4.58. The van der Waals surface area contributed by atoms with Crippen LogP contribution in [0.4, 0.5) is 5.69 Å². The lowest BCUT2D eigenvalue weighted by atomic mass is 10.1. The van der Waals surface area contributed by atoms with Crippen LogP contribution >= 0.6 is 27.5 Å². The van der Waals surface area contributed by atoms with Gasteiger partial charge in [-0.25, -0.2) is 0 Å². The number of hydrogen-bond donors (Lipinski definition) is 1. The lowest BCUT2D eigenvalue weighted by Gasteiger charge is -2.17. The van der Waals surface area contributed by atoms with Crippen LogP contribution in [0, 0.1) is 0 Å². The van der Waals surface area contributed by atoms with Crippen LogP contribution in [0.1, 0.15) is 31.1 Å². The number of carbonyl (C=O) groups is 1. The predicted molar refractivity (Wildman–Crippen MR) is 107 cm³/mol. The molecule has 0 saturated carbocycles. The molecule has 1 amide bonds. The van der Waals surface area contributed by atoms with Crippen molar-refractivity contribution in [1.82, 2.24) is 0 Å². The van der Waals surface area contributed by atoms with Gasteiger partial charge in [0.15, 0.2) is 11.5 Å². The van der Waals surface area contributed by atoms with Crippen LogP contribution in [-0.4, -0.2) is 25.7 Å². The summed E-state index contributed by atoms with van der Waals surface area (Å²) in [7, 11) is 0. The van der Waals surface area contributed by atoms with Gasteiger partial charge in [0.1, 0.15) is 0 Å². The highest BCUT2D eigenvalue weighted by atomic mass is 79.9. The Morgan fingerprint density at radius 2 is 1.58 bits per heavy atom. The molecule has 140 valence electrons. The fraction of sp³-hybridized carbons (Fsp3) is 0.316. The zero-order chi connectivity index (χ0) is 19.1. The summed E-state index contributed by atoms with van der Waals surface area (Å²) in [5, 5.41) is 3.33. The molecular weight excluding hydrogens is 422 g/mol. The molecule has 0 aliphatic rings. The van der Waals surface area contributed by atoms with E-state index in [1.807, 2.05) is 20.8 Å². The number of carbonyl (C=O) groups excluding carboxylic acids is 1. The van der Waals surface area contributed by atoms with Gasteiger partial charge in [0.25, 0.3) is 5.91 Å². The van der Waals surface area contributed by atoms with E-state index in [-0.39, 0.29) is 5.91 Å². The SMILES string of the molecule is CCOc1cc(C(=O)Nc2ccc(Br)c(Cl)c2)cc(OCC)c1OCC. The molecule has 26 heavy (non-hydrogen) atoms. The Kier molecular flexibility index (Phi) is 7.60. The second kappa shape index (κ2) is 9.69. The van der Waals surface area contributed by atoms with Crippen molar-refractivity contribution < 1.29 is 19.0 Å². The minimum absolute atomic E-state index is 0.298. The summed E-state index contributed by atoms with van der Waals surface area (Å²) < 4.78 is 17.7. The second-order valence-corrected chi connectivity index (χ2v) is 6.45. The summed E-state index contributed by atoms with van der Waals surface area (Å²) in [4.78, 5) is 12.7. The Morgan fingerprint density at radius 1 is 1.00 bits per heavy atom. The molecule has 0 aromatic heterocycles. The van der Waals surface area contributed by atoms with Crippen molar-refractivity contribution in [1.29, 1.82) is 0 Å². The minimum Gasteiger partial charge on any atom is -0.490 e. The van der Waals surface area contributed by atoms with Crippen molar-refractivity contribution in [3.05, 3.63) is 45.4 Å². The first kappa shape index (κ1) is 20.4. The maximum Gasteiger partial charge on any atom is 0.255 e. The van der Waals surface area contributed by atoms with Gasteiger partial charge in [0.05, 0.1) is 24.8 Å². The van der Waals surface area contributed by atoms with Crippen LogP contribution in [0.15, 0.2) is 34.8 Å². The van der Waals surface area contributed by atoms with E-state index in [4.69, 9.17) is 25.8 Å². The largest absolute Gasteiger partial charge is 0.490 e. The molecule has 2 rings (SSSR count). The van der Waals surface area contributed by atoms with Gasteiger partial charge < -0.3 is 19.5 Å². The molecule has 1 N–H and O–H groups in total. The third kappa shape index (κ3) is 5.05. The standard InChI is InChI=1S/C19H21BrClNO4/c1-4-24-16-9-12(10-17(25-5-2)18(16)26-6-3)19(23)22-13-7-8-14(20)15(21)11-13/h7-11H,4-6H2,1-3H3,(H,22,23). The molecule has 5 nitrogen and oxygen atoms in total. The van der Waals surface area contributed by atoms with E-state index in [1.54, 1.807) is 30.3 Å². The first-order chi connectivity index (χ1) is 12.5. The van der Waals surface area contributed by atoms with Gasteiger partial charge in [-0.3, -0.25) is 4.79 Å². The molecule has 0 aliphatic carbocycles. The highest BCUT2D eigenvalue weighted by Gasteiger charge is 2.18. The Morgan fingerprint density at radius 3 is 2.08 bits per heavy atom. The van der Waals surface area contributed by atoms with Gasteiger partial charge in [0, 0.05) is 15.7 Å². The highest BCUT2D eigenvalue weighted by molar-refractivity contribution is 9.10. The summed E-state index contributed by atoms with van der Waals surface area (Å²) in [5.74, 6) is 1.14. The van der Waals surface area contributed by atoms with Crippen LogP contribution in [0.25, 0.3) is 0 Å². The molecule has 7 heteroatoms. The van der Waals surface area contributed by atoms with Gasteiger partial charge in [-0.05, 0) is 67.0 Å². The van der Waals surface area contributed by atoms with E-state index in [0.29, 0.717) is 53.3 Å². The Bertz CT molecular complexity index is 755. The van der Waals surface area contributed by atoms with Crippen LogP contribution in [0.3, 0.4) is 0 Å². The third-order valence-electron chi connectivity index (χ3n) is 3.35. The van der Waals surface area contributed by atoms with Crippen molar-refractivity contribution in [2.75, 3.05) is 25.1 Å². The molecule has 0 radical (unpaired) electrons. The van der Waals surface area contributed by atoms with E-state index in [1.165, 1.54) is 0 Å². The maximum atomic E-state index is 12.7. The quantitative estimate of drug-likeness (QED) is 0.582. The van der Waals surface area contributed by atoms with Gasteiger partial charge in [-0.15, -0.1) is 0 Å². The normalized spacial score (nSPS) is 10.3. The molecular formula is C19H21BrClNO4. The zero-order valence-electron chi connectivity index (χ0n) is 14.9. The molecule has 0 unspecified atom stereocenters. The Balaban J connectivity index is 2.36. The number of hydrogen-bond acceptors (Lipinski definition) is 4. The highest BCUT2D eigenvalue weighted by Crippen LogP contribution is 2.39. The van der Waals surface area contributed by atoms with Gasteiger partial charge in [-0.2, -0.15) is 0 Å². The molecule has 0 heterocycles. The maximum absolute atomic E-state index is 12.7.